The molecule has 7 nitrogen and oxygen atoms in total. The molecule has 0 spiro atoms. The van der Waals surface area contributed by atoms with E-state index in [0.29, 0.717) is 36.9 Å². The molecule has 1 aliphatic rings. The molecule has 0 fully saturated rings. The highest BCUT2D eigenvalue weighted by Gasteiger charge is 2.30. The molecule has 1 atom stereocenters. The Morgan fingerprint density at radius 3 is 2.48 bits per heavy atom. The predicted octanol–water partition coefficient (Wildman–Crippen LogP) is 2.26. The van der Waals surface area contributed by atoms with Crippen LogP contribution in [-0.2, 0) is 14.8 Å². The summed E-state index contributed by atoms with van der Waals surface area (Å²) < 4.78 is 37.0. The Labute approximate surface area is 165 Å². The summed E-state index contributed by atoms with van der Waals surface area (Å²) in [5, 5.41) is 2.82. The van der Waals surface area contributed by atoms with Gasteiger partial charge in [0.25, 0.3) is 0 Å². The van der Waals surface area contributed by atoms with Crippen molar-refractivity contribution in [2.24, 2.45) is 0 Å². The monoisotopic (exact) mass is 416 g/mol. The second-order valence-electron chi connectivity index (χ2n) is 7.31. The van der Waals surface area contributed by atoms with E-state index in [2.05, 4.69) is 26.1 Å². The number of hydrogen-bond donors (Lipinski definition) is 1. The Morgan fingerprint density at radius 2 is 1.89 bits per heavy atom. The van der Waals surface area contributed by atoms with Crippen LogP contribution in [0.1, 0.15) is 27.7 Å². The van der Waals surface area contributed by atoms with Gasteiger partial charge in [-0.2, -0.15) is 11.8 Å². The van der Waals surface area contributed by atoms with Crippen molar-refractivity contribution in [3.05, 3.63) is 18.2 Å². The van der Waals surface area contributed by atoms with Crippen molar-refractivity contribution in [3.8, 4) is 11.5 Å². The summed E-state index contributed by atoms with van der Waals surface area (Å²) in [5.74, 6) is 1.45. The molecule has 0 aromatic heterocycles. The molecule has 1 N–H and O–H groups in total. The number of benzene rings is 1. The predicted molar refractivity (Wildman–Crippen MR) is 109 cm³/mol. The molecule has 9 heteroatoms. The van der Waals surface area contributed by atoms with Crippen molar-refractivity contribution < 1.29 is 22.7 Å². The van der Waals surface area contributed by atoms with Crippen LogP contribution >= 0.6 is 11.8 Å². The largest absolute Gasteiger partial charge is 0.486 e. The average molecular weight is 417 g/mol. The van der Waals surface area contributed by atoms with Gasteiger partial charge in [-0.05, 0) is 19.1 Å². The van der Waals surface area contributed by atoms with E-state index >= 15 is 0 Å². The fourth-order valence-electron chi connectivity index (χ4n) is 2.66. The summed E-state index contributed by atoms with van der Waals surface area (Å²) in [6, 6.07) is 3.98. The van der Waals surface area contributed by atoms with Crippen LogP contribution in [0.15, 0.2) is 18.2 Å². The fraction of sp³-hybridized carbons (Fsp3) is 0.611. The molecule has 1 heterocycles. The van der Waals surface area contributed by atoms with Crippen LogP contribution in [0.3, 0.4) is 0 Å². The van der Waals surface area contributed by atoms with Gasteiger partial charge in [0, 0.05) is 23.1 Å². The van der Waals surface area contributed by atoms with E-state index in [1.165, 1.54) is 0 Å². The van der Waals surface area contributed by atoms with Crippen molar-refractivity contribution in [1.82, 2.24) is 5.32 Å². The second kappa shape index (κ2) is 8.60. The van der Waals surface area contributed by atoms with Crippen molar-refractivity contribution in [1.29, 1.82) is 0 Å². The van der Waals surface area contributed by atoms with E-state index in [9.17, 15) is 13.2 Å². The first-order chi connectivity index (χ1) is 12.5. The number of ether oxygens (including phenoxy) is 2. The minimum absolute atomic E-state index is 0.111. The zero-order valence-corrected chi connectivity index (χ0v) is 18.1. The van der Waals surface area contributed by atoms with Gasteiger partial charge in [0.2, 0.25) is 15.9 Å². The number of nitrogens with one attached hydrogen (secondary N) is 1. The van der Waals surface area contributed by atoms with Crippen LogP contribution in [0.5, 0.6) is 11.5 Å². The SMILES string of the molecule is C[C@@H](C(=O)NCCSC(C)(C)C)N(c1ccc2c(c1)OCCO2)S(C)(=O)=O. The molecule has 27 heavy (non-hydrogen) atoms. The molecule has 152 valence electrons. The molecule has 0 aliphatic carbocycles. The molecule has 0 saturated heterocycles. The van der Waals surface area contributed by atoms with E-state index in [-0.39, 0.29) is 10.7 Å². The summed E-state index contributed by atoms with van der Waals surface area (Å²) in [6.45, 7) is 9.22. The minimum atomic E-state index is -3.67. The number of hydrogen-bond acceptors (Lipinski definition) is 6. The third-order valence-corrected chi connectivity index (χ3v) is 6.32. The highest BCUT2D eigenvalue weighted by molar-refractivity contribution is 8.00. The molecular formula is C18H28N2O5S2. The maximum absolute atomic E-state index is 12.5. The van der Waals surface area contributed by atoms with Gasteiger partial charge in [-0.15, -0.1) is 0 Å². The molecule has 1 aromatic rings. The van der Waals surface area contributed by atoms with Crippen molar-refractivity contribution in [2.75, 3.05) is 36.1 Å². The average Bonchev–Trinajstić information content (AvgIpc) is 2.56. The van der Waals surface area contributed by atoms with Gasteiger partial charge < -0.3 is 14.8 Å². The van der Waals surface area contributed by atoms with E-state index in [1.807, 2.05) is 0 Å². The molecule has 1 aliphatic heterocycles. The van der Waals surface area contributed by atoms with Gasteiger partial charge in [-0.1, -0.05) is 20.8 Å². The summed E-state index contributed by atoms with van der Waals surface area (Å²) in [7, 11) is -3.67. The lowest BCUT2D eigenvalue weighted by molar-refractivity contribution is -0.121. The van der Waals surface area contributed by atoms with E-state index in [1.54, 1.807) is 36.9 Å². The van der Waals surface area contributed by atoms with Gasteiger partial charge in [-0.3, -0.25) is 9.10 Å². The molecule has 0 unspecified atom stereocenters. The van der Waals surface area contributed by atoms with Gasteiger partial charge in [-0.25, -0.2) is 8.42 Å². The maximum atomic E-state index is 12.5. The molecule has 1 amide bonds. The van der Waals surface area contributed by atoms with Crippen molar-refractivity contribution in [2.45, 2.75) is 38.5 Å². The van der Waals surface area contributed by atoms with Gasteiger partial charge in [0.1, 0.15) is 19.3 Å². The number of thioether (sulfide) groups is 1. The summed E-state index contributed by atoms with van der Waals surface area (Å²) in [5.41, 5.74) is 0.369. The third-order valence-electron chi connectivity index (χ3n) is 3.81. The van der Waals surface area contributed by atoms with Crippen LogP contribution < -0.4 is 19.1 Å². The van der Waals surface area contributed by atoms with Crippen LogP contribution in [0.2, 0.25) is 0 Å². The Balaban J connectivity index is 2.13. The lowest BCUT2D eigenvalue weighted by Crippen LogP contribution is -2.48. The number of fused-ring (bicyclic) bond motifs is 1. The number of sulfonamides is 1. The summed E-state index contributed by atoms with van der Waals surface area (Å²) >= 11 is 1.74. The number of anilines is 1. The number of carbonyl (C=O) groups excluding carboxylic acids is 1. The van der Waals surface area contributed by atoms with Crippen molar-refractivity contribution in [3.63, 3.8) is 0 Å². The minimum Gasteiger partial charge on any atom is -0.486 e. The van der Waals surface area contributed by atoms with Crippen LogP contribution in [0.25, 0.3) is 0 Å². The second-order valence-corrected chi connectivity index (χ2v) is 11.1. The molecule has 2 rings (SSSR count). The Morgan fingerprint density at radius 1 is 1.26 bits per heavy atom. The quantitative estimate of drug-likeness (QED) is 0.687. The van der Waals surface area contributed by atoms with Gasteiger partial charge in [0.15, 0.2) is 11.5 Å². The maximum Gasteiger partial charge on any atom is 0.243 e. The molecule has 1 aromatic carbocycles. The first-order valence-electron chi connectivity index (χ1n) is 8.80. The number of nitrogens with zero attached hydrogens (tertiary/aromatic N) is 1. The Bertz CT molecular complexity index is 774. The fourth-order valence-corrected chi connectivity index (χ4v) is 4.64. The zero-order chi connectivity index (χ0) is 20.2. The summed E-state index contributed by atoms with van der Waals surface area (Å²) in [6.07, 6.45) is 1.09. The van der Waals surface area contributed by atoms with E-state index in [0.717, 1.165) is 16.3 Å². The number of carbonyl (C=O) groups is 1. The third kappa shape index (κ3) is 6.21. The molecule has 0 saturated carbocycles. The van der Waals surface area contributed by atoms with Crippen LogP contribution in [0, 0.1) is 0 Å². The van der Waals surface area contributed by atoms with Crippen molar-refractivity contribution >= 4 is 33.4 Å². The van der Waals surface area contributed by atoms with Gasteiger partial charge in [0.05, 0.1) is 11.9 Å². The molecular weight excluding hydrogens is 388 g/mol. The van der Waals surface area contributed by atoms with Crippen LogP contribution in [-0.4, -0.2) is 56.9 Å². The zero-order valence-electron chi connectivity index (χ0n) is 16.4. The highest BCUT2D eigenvalue weighted by atomic mass is 32.2. The Kier molecular flexibility index (Phi) is 6.91. The number of amides is 1. The van der Waals surface area contributed by atoms with Crippen LogP contribution in [0.4, 0.5) is 5.69 Å². The van der Waals surface area contributed by atoms with E-state index < -0.39 is 16.1 Å². The number of rotatable bonds is 7. The molecule has 0 radical (unpaired) electrons. The lowest BCUT2D eigenvalue weighted by Gasteiger charge is -2.29. The standard InChI is InChI=1S/C18H28N2O5S2/c1-13(17(21)19-8-11-26-18(2,3)4)20(27(5,22)23)14-6-7-15-16(12-14)25-10-9-24-15/h6-7,12-13H,8-11H2,1-5H3,(H,19,21)/t13-/m0/s1. The van der Waals surface area contributed by atoms with E-state index in [4.69, 9.17) is 9.47 Å². The summed E-state index contributed by atoms with van der Waals surface area (Å²) in [4.78, 5) is 12.5. The topological polar surface area (TPSA) is 84.9 Å². The van der Waals surface area contributed by atoms with Gasteiger partial charge >= 0.3 is 0 Å². The smallest absolute Gasteiger partial charge is 0.243 e. The lowest BCUT2D eigenvalue weighted by atomic mass is 10.2. The highest BCUT2D eigenvalue weighted by Crippen LogP contribution is 2.35. The first-order valence-corrected chi connectivity index (χ1v) is 11.6. The first kappa shape index (κ1) is 21.7. The molecule has 0 bridgehead atoms. The Hall–Kier alpha value is -1.61. The normalized spacial score (nSPS) is 15.1.